The van der Waals surface area contributed by atoms with E-state index in [1.807, 2.05) is 17.9 Å². The molecule has 1 saturated heterocycles. The minimum absolute atomic E-state index is 0.138. The lowest BCUT2D eigenvalue weighted by Gasteiger charge is -2.22. The highest BCUT2D eigenvalue weighted by molar-refractivity contribution is 5.79. The summed E-state index contributed by atoms with van der Waals surface area (Å²) >= 11 is 0. The van der Waals surface area contributed by atoms with Crippen LogP contribution in [0.25, 0.3) is 0 Å². The molecule has 0 radical (unpaired) electrons. The van der Waals surface area contributed by atoms with Gasteiger partial charge in [0.15, 0.2) is 0 Å². The molecule has 0 bridgehead atoms. The maximum Gasteiger partial charge on any atom is 0.228 e. The first kappa shape index (κ1) is 11.1. The molecule has 0 aliphatic carbocycles. The number of carbonyl (C=O) groups excluding carboxylic acids is 1. The molecule has 0 aromatic carbocycles. The molecule has 0 saturated carbocycles. The second-order valence-electron chi connectivity index (χ2n) is 4.34. The highest BCUT2D eigenvalue weighted by Crippen LogP contribution is 2.17. The molecule has 1 fully saturated rings. The van der Waals surface area contributed by atoms with E-state index in [9.17, 15) is 4.79 Å². The van der Waals surface area contributed by atoms with Crippen LogP contribution in [0.3, 0.4) is 0 Å². The smallest absolute Gasteiger partial charge is 0.228 e. The molecule has 2 rings (SSSR count). The molecule has 1 aromatic rings. The van der Waals surface area contributed by atoms with E-state index in [1.54, 1.807) is 0 Å². The fourth-order valence-corrected chi connectivity index (χ4v) is 2.23. The Hall–Kier alpha value is -1.36. The van der Waals surface area contributed by atoms with Crippen molar-refractivity contribution in [1.82, 2.24) is 15.1 Å². The predicted molar refractivity (Wildman–Crippen MR) is 60.8 cm³/mol. The van der Waals surface area contributed by atoms with Crippen molar-refractivity contribution >= 4 is 5.91 Å². The molecule has 3 N–H and O–H groups in total. The van der Waals surface area contributed by atoms with Crippen LogP contribution in [-0.4, -0.2) is 40.1 Å². The Balaban J connectivity index is 1.97. The number of aromatic nitrogens is 2. The number of H-pyrrole nitrogens is 1. The number of hydrogen-bond acceptors (Lipinski definition) is 3. The third-order valence-corrected chi connectivity index (χ3v) is 3.06. The summed E-state index contributed by atoms with van der Waals surface area (Å²) in [5, 5.41) is 6.92. The van der Waals surface area contributed by atoms with Crippen LogP contribution in [0.15, 0.2) is 6.07 Å². The van der Waals surface area contributed by atoms with E-state index in [0.717, 1.165) is 30.8 Å². The van der Waals surface area contributed by atoms with Gasteiger partial charge in [-0.05, 0) is 25.8 Å². The monoisotopic (exact) mass is 222 g/mol. The Morgan fingerprint density at radius 2 is 2.56 bits per heavy atom. The van der Waals surface area contributed by atoms with Crippen molar-refractivity contribution in [3.8, 4) is 0 Å². The van der Waals surface area contributed by atoms with Crippen LogP contribution in [-0.2, 0) is 11.2 Å². The van der Waals surface area contributed by atoms with E-state index in [1.165, 1.54) is 0 Å². The Kier molecular flexibility index (Phi) is 3.24. The molecule has 1 atom stereocenters. The van der Waals surface area contributed by atoms with Gasteiger partial charge in [0.1, 0.15) is 0 Å². The number of aryl methyl sites for hydroxylation is 1. The molecule has 2 heterocycles. The Bertz CT molecular complexity index is 374. The number of amides is 1. The van der Waals surface area contributed by atoms with Crippen molar-refractivity contribution in [2.75, 3.05) is 13.1 Å². The molecule has 1 aliphatic heterocycles. The van der Waals surface area contributed by atoms with Gasteiger partial charge in [0, 0.05) is 24.8 Å². The molecule has 88 valence electrons. The molecule has 1 aliphatic rings. The van der Waals surface area contributed by atoms with Gasteiger partial charge in [0.05, 0.1) is 12.1 Å². The molecular weight excluding hydrogens is 204 g/mol. The number of nitrogens with one attached hydrogen (secondary N) is 1. The number of carbonyl (C=O) groups is 1. The van der Waals surface area contributed by atoms with E-state index < -0.39 is 0 Å². The third-order valence-electron chi connectivity index (χ3n) is 3.06. The van der Waals surface area contributed by atoms with Gasteiger partial charge < -0.3 is 10.6 Å². The Morgan fingerprint density at radius 3 is 3.19 bits per heavy atom. The van der Waals surface area contributed by atoms with E-state index in [2.05, 4.69) is 10.2 Å². The molecule has 1 aromatic heterocycles. The highest BCUT2D eigenvalue weighted by atomic mass is 16.2. The summed E-state index contributed by atoms with van der Waals surface area (Å²) in [5.41, 5.74) is 7.44. The molecule has 5 nitrogen and oxygen atoms in total. The maximum absolute atomic E-state index is 12.0. The molecule has 5 heteroatoms. The largest absolute Gasteiger partial charge is 0.338 e. The summed E-state index contributed by atoms with van der Waals surface area (Å²) in [7, 11) is 0. The zero-order valence-corrected chi connectivity index (χ0v) is 9.57. The number of aromatic amines is 1. The number of rotatable bonds is 3. The fourth-order valence-electron chi connectivity index (χ4n) is 2.23. The lowest BCUT2D eigenvalue weighted by Crippen LogP contribution is -2.40. The SMILES string of the molecule is Cc1cc(CC(=O)N2CCCC2CN)n[nH]1. The van der Waals surface area contributed by atoms with Gasteiger partial charge in [0.25, 0.3) is 0 Å². The predicted octanol–water partition coefficient (Wildman–Crippen LogP) is 0.210. The fraction of sp³-hybridized carbons (Fsp3) is 0.636. The second-order valence-corrected chi connectivity index (χ2v) is 4.34. The van der Waals surface area contributed by atoms with E-state index in [-0.39, 0.29) is 11.9 Å². The molecular formula is C11H18N4O. The maximum atomic E-state index is 12.0. The standard InChI is InChI=1S/C11H18N4O/c1-8-5-9(14-13-8)6-11(16)15-4-2-3-10(15)7-12/h5,10H,2-4,6-7,12H2,1H3,(H,13,14). The van der Waals surface area contributed by atoms with Crippen molar-refractivity contribution in [1.29, 1.82) is 0 Å². The van der Waals surface area contributed by atoms with Crippen molar-refractivity contribution in [2.45, 2.75) is 32.2 Å². The van der Waals surface area contributed by atoms with Gasteiger partial charge in [0.2, 0.25) is 5.91 Å². The number of nitrogens with zero attached hydrogens (tertiary/aromatic N) is 2. The summed E-state index contributed by atoms with van der Waals surface area (Å²) in [5.74, 6) is 0.138. The quantitative estimate of drug-likeness (QED) is 0.767. The van der Waals surface area contributed by atoms with Gasteiger partial charge in [-0.2, -0.15) is 5.10 Å². The van der Waals surface area contributed by atoms with Gasteiger partial charge in [-0.15, -0.1) is 0 Å². The minimum Gasteiger partial charge on any atom is -0.338 e. The van der Waals surface area contributed by atoms with Gasteiger partial charge >= 0.3 is 0 Å². The van der Waals surface area contributed by atoms with Crippen LogP contribution in [0.4, 0.5) is 0 Å². The summed E-state index contributed by atoms with van der Waals surface area (Å²) in [6, 6.07) is 2.14. The van der Waals surface area contributed by atoms with Crippen molar-refractivity contribution in [3.05, 3.63) is 17.5 Å². The van der Waals surface area contributed by atoms with Gasteiger partial charge in [-0.25, -0.2) is 0 Å². The summed E-state index contributed by atoms with van der Waals surface area (Å²) < 4.78 is 0. The van der Waals surface area contributed by atoms with Crippen molar-refractivity contribution < 1.29 is 4.79 Å². The summed E-state index contributed by atoms with van der Waals surface area (Å²) in [6.07, 6.45) is 2.47. The zero-order valence-electron chi connectivity index (χ0n) is 9.57. The number of likely N-dealkylation sites (tertiary alicyclic amines) is 1. The molecule has 1 unspecified atom stereocenters. The lowest BCUT2D eigenvalue weighted by atomic mass is 10.2. The van der Waals surface area contributed by atoms with E-state index in [0.29, 0.717) is 13.0 Å². The van der Waals surface area contributed by atoms with Gasteiger partial charge in [-0.1, -0.05) is 0 Å². The van der Waals surface area contributed by atoms with Crippen molar-refractivity contribution in [2.24, 2.45) is 5.73 Å². The second kappa shape index (κ2) is 4.65. The Morgan fingerprint density at radius 1 is 1.75 bits per heavy atom. The van der Waals surface area contributed by atoms with Gasteiger partial charge in [-0.3, -0.25) is 9.89 Å². The average Bonchev–Trinajstić information content (AvgIpc) is 2.86. The zero-order chi connectivity index (χ0) is 11.5. The van der Waals surface area contributed by atoms with Crippen LogP contribution >= 0.6 is 0 Å². The van der Waals surface area contributed by atoms with E-state index in [4.69, 9.17) is 5.73 Å². The van der Waals surface area contributed by atoms with Crippen LogP contribution in [0.2, 0.25) is 0 Å². The first-order valence-corrected chi connectivity index (χ1v) is 5.71. The van der Waals surface area contributed by atoms with Crippen molar-refractivity contribution in [3.63, 3.8) is 0 Å². The third kappa shape index (κ3) is 2.24. The average molecular weight is 222 g/mol. The molecule has 0 spiro atoms. The number of hydrogen-bond donors (Lipinski definition) is 2. The summed E-state index contributed by atoms with van der Waals surface area (Å²) in [4.78, 5) is 13.9. The first-order chi connectivity index (χ1) is 7.70. The van der Waals surface area contributed by atoms with Crippen LogP contribution in [0.5, 0.6) is 0 Å². The lowest BCUT2D eigenvalue weighted by molar-refractivity contribution is -0.131. The highest BCUT2D eigenvalue weighted by Gasteiger charge is 2.27. The van der Waals surface area contributed by atoms with Crippen LogP contribution in [0.1, 0.15) is 24.2 Å². The molecule has 1 amide bonds. The van der Waals surface area contributed by atoms with E-state index >= 15 is 0 Å². The Labute approximate surface area is 95.0 Å². The normalized spacial score (nSPS) is 20.4. The minimum atomic E-state index is 0.138. The van der Waals surface area contributed by atoms with Crippen LogP contribution < -0.4 is 5.73 Å². The van der Waals surface area contributed by atoms with Crippen LogP contribution in [0, 0.1) is 6.92 Å². The first-order valence-electron chi connectivity index (χ1n) is 5.71. The topological polar surface area (TPSA) is 75.0 Å². The number of nitrogens with two attached hydrogens (primary N) is 1. The summed E-state index contributed by atoms with van der Waals surface area (Å²) in [6.45, 7) is 3.33. The molecule has 16 heavy (non-hydrogen) atoms.